The fourth-order valence-corrected chi connectivity index (χ4v) is 3.32. The van der Waals surface area contributed by atoms with E-state index in [4.69, 9.17) is 0 Å². The largest absolute Gasteiger partial charge is 0.503 e. The molecule has 9 heteroatoms. The summed E-state index contributed by atoms with van der Waals surface area (Å²) in [6.45, 7) is 2.72. The van der Waals surface area contributed by atoms with Gasteiger partial charge in [-0.05, 0) is 12.1 Å². The van der Waals surface area contributed by atoms with Crippen LogP contribution in [0, 0.1) is 5.82 Å². The zero-order chi connectivity index (χ0) is 19.4. The summed E-state index contributed by atoms with van der Waals surface area (Å²) in [5.74, 6) is -0.723. The Morgan fingerprint density at radius 2 is 1.81 bits per heavy atom. The second kappa shape index (κ2) is 8.70. The van der Waals surface area contributed by atoms with Crippen LogP contribution >= 0.6 is 23.0 Å². The van der Waals surface area contributed by atoms with Crippen LogP contribution in [0.1, 0.15) is 11.1 Å². The molecule has 2 aromatic rings. The van der Waals surface area contributed by atoms with Gasteiger partial charge in [0.15, 0.2) is 28.8 Å². The molecule has 1 fully saturated rings. The number of hydrogen-bond donors (Lipinski definition) is 1. The molecule has 3 rings (SSSR count). The predicted octanol–water partition coefficient (Wildman–Crippen LogP) is 2.35. The van der Waals surface area contributed by atoms with E-state index in [1.807, 2.05) is 4.90 Å². The summed E-state index contributed by atoms with van der Waals surface area (Å²) >= 11 is 1.56. The summed E-state index contributed by atoms with van der Waals surface area (Å²) in [4.78, 5) is 27.6. The van der Waals surface area contributed by atoms with Gasteiger partial charge in [-0.15, -0.1) is 0 Å². The van der Waals surface area contributed by atoms with Crippen molar-refractivity contribution in [1.29, 1.82) is 0 Å². The quantitative estimate of drug-likeness (QED) is 0.671. The Morgan fingerprint density at radius 1 is 1.11 bits per heavy atom. The lowest BCUT2D eigenvalue weighted by Crippen LogP contribution is -2.48. The Bertz CT molecular complexity index is 881. The summed E-state index contributed by atoms with van der Waals surface area (Å²) in [5, 5.41) is 10.3. The number of carbonyl (C=O) groups excluding carboxylic acids is 1. The third-order valence-corrected chi connectivity index (χ3v) is 4.99. The zero-order valence-corrected chi connectivity index (χ0v) is 16.6. The van der Waals surface area contributed by atoms with E-state index < -0.39 is 11.4 Å². The number of rotatable bonds is 4. The number of amides is 1. The Kier molecular flexibility index (Phi) is 6.32. The van der Waals surface area contributed by atoms with Crippen LogP contribution in [0.3, 0.4) is 0 Å². The van der Waals surface area contributed by atoms with Gasteiger partial charge in [-0.25, -0.2) is 9.18 Å². The molecule has 1 amide bonds. The molecular weight excluding hydrogens is 468 g/mol. The van der Waals surface area contributed by atoms with Crippen molar-refractivity contribution in [2.24, 2.45) is 0 Å². The fraction of sp³-hybridized carbons (Fsp3) is 0.333. The molecule has 1 aromatic heterocycles. The van der Waals surface area contributed by atoms with Crippen molar-refractivity contribution in [3.8, 4) is 5.75 Å². The number of hydrogen-bond acceptors (Lipinski definition) is 5. The number of aromatic hydroxyl groups is 1. The molecule has 0 aliphatic carbocycles. The number of nitrogens with zero attached hydrogens (tertiary/aromatic N) is 3. The molecule has 0 radical (unpaired) electrons. The molecule has 1 aromatic carbocycles. The van der Waals surface area contributed by atoms with Crippen LogP contribution in [0.4, 0.5) is 9.18 Å². The number of benzene rings is 1. The van der Waals surface area contributed by atoms with Gasteiger partial charge in [0.05, 0.1) is 6.54 Å². The van der Waals surface area contributed by atoms with Crippen LogP contribution in [0.5, 0.6) is 5.75 Å². The highest BCUT2D eigenvalue weighted by molar-refractivity contribution is 14.1. The molecule has 0 unspecified atom stereocenters. The van der Waals surface area contributed by atoms with Crippen LogP contribution in [0.2, 0.25) is 0 Å². The van der Waals surface area contributed by atoms with E-state index in [-0.39, 0.29) is 18.4 Å². The first-order chi connectivity index (χ1) is 13.0. The van der Waals surface area contributed by atoms with Gasteiger partial charge >= 0.3 is 6.09 Å². The van der Waals surface area contributed by atoms with Crippen LogP contribution in [-0.2, 0) is 16.2 Å². The standard InChI is InChI=1S/C18H19FIN3O4/c19-15-4-2-1-3-13(15)12-23-6-5-14(16(24)17(23)25)11-21-7-9-22(10-8-21)18(26)27-20/h1-6,24H,7-12H2. The number of aromatic nitrogens is 1. The summed E-state index contributed by atoms with van der Waals surface area (Å²) in [6, 6.07) is 7.89. The van der Waals surface area contributed by atoms with Crippen molar-refractivity contribution in [3.63, 3.8) is 0 Å². The molecule has 27 heavy (non-hydrogen) atoms. The maximum atomic E-state index is 13.8. The second-order valence-electron chi connectivity index (χ2n) is 6.32. The van der Waals surface area contributed by atoms with Gasteiger partial charge in [-0.3, -0.25) is 9.69 Å². The van der Waals surface area contributed by atoms with Gasteiger partial charge < -0.3 is 17.6 Å². The van der Waals surface area contributed by atoms with Crippen molar-refractivity contribution in [2.75, 3.05) is 26.2 Å². The highest BCUT2D eigenvalue weighted by Crippen LogP contribution is 2.17. The van der Waals surface area contributed by atoms with E-state index in [9.17, 15) is 19.1 Å². The SMILES string of the molecule is O=C(OI)N1CCN(Cc2ccn(Cc3ccccc3F)c(=O)c2O)CC1. The maximum Gasteiger partial charge on any atom is 0.419 e. The van der Waals surface area contributed by atoms with Crippen LogP contribution in [0.15, 0.2) is 41.3 Å². The first-order valence-corrected chi connectivity index (χ1v) is 9.32. The smallest absolute Gasteiger partial charge is 0.419 e. The molecule has 144 valence electrons. The number of piperazine rings is 1. The molecule has 0 bridgehead atoms. The van der Waals surface area contributed by atoms with Crippen molar-refractivity contribution in [3.05, 3.63) is 63.8 Å². The third-order valence-electron chi connectivity index (χ3n) is 4.61. The van der Waals surface area contributed by atoms with E-state index in [2.05, 4.69) is 3.07 Å². The van der Waals surface area contributed by atoms with Crippen molar-refractivity contribution >= 4 is 29.1 Å². The van der Waals surface area contributed by atoms with Gasteiger partial charge in [-0.2, -0.15) is 0 Å². The van der Waals surface area contributed by atoms with Gasteiger partial charge in [0.25, 0.3) is 5.56 Å². The molecule has 2 heterocycles. The van der Waals surface area contributed by atoms with Crippen LogP contribution in [0.25, 0.3) is 0 Å². The molecule has 1 aliphatic rings. The summed E-state index contributed by atoms with van der Waals surface area (Å²) in [5.41, 5.74) is 0.336. The lowest BCUT2D eigenvalue weighted by molar-refractivity contribution is 0.116. The minimum absolute atomic E-state index is 0.0520. The highest BCUT2D eigenvalue weighted by atomic mass is 127. The topological polar surface area (TPSA) is 75.0 Å². The van der Waals surface area contributed by atoms with Crippen LogP contribution in [-0.4, -0.2) is 51.7 Å². The van der Waals surface area contributed by atoms with Crippen LogP contribution < -0.4 is 5.56 Å². The van der Waals surface area contributed by atoms with Gasteiger partial charge in [0, 0.05) is 50.0 Å². The van der Waals surface area contributed by atoms with E-state index in [1.54, 1.807) is 58.4 Å². The molecular formula is C18H19FIN3O4. The van der Waals surface area contributed by atoms with Crippen molar-refractivity contribution in [1.82, 2.24) is 14.4 Å². The monoisotopic (exact) mass is 487 g/mol. The van der Waals surface area contributed by atoms with Gasteiger partial charge in [0.2, 0.25) is 0 Å². The average molecular weight is 487 g/mol. The highest BCUT2D eigenvalue weighted by Gasteiger charge is 2.23. The number of halogens is 2. The molecule has 0 atom stereocenters. The molecule has 1 saturated heterocycles. The first kappa shape index (κ1) is 19.6. The van der Waals surface area contributed by atoms with E-state index in [0.29, 0.717) is 43.9 Å². The summed E-state index contributed by atoms with van der Waals surface area (Å²) in [7, 11) is 0. The van der Waals surface area contributed by atoms with Crippen molar-refractivity contribution in [2.45, 2.75) is 13.1 Å². The maximum absolute atomic E-state index is 13.8. The Morgan fingerprint density at radius 3 is 2.48 bits per heavy atom. The lowest BCUT2D eigenvalue weighted by atomic mass is 10.2. The first-order valence-electron chi connectivity index (χ1n) is 8.44. The second-order valence-corrected chi connectivity index (χ2v) is 6.76. The lowest BCUT2D eigenvalue weighted by Gasteiger charge is -2.33. The molecule has 0 saturated carbocycles. The number of carbonyl (C=O) groups is 1. The minimum atomic E-state index is -0.553. The normalized spacial score (nSPS) is 15.0. The fourth-order valence-electron chi connectivity index (χ4n) is 3.04. The third kappa shape index (κ3) is 4.59. The minimum Gasteiger partial charge on any atom is -0.503 e. The molecule has 7 nitrogen and oxygen atoms in total. The Balaban J connectivity index is 1.68. The Labute approximate surface area is 169 Å². The predicted molar refractivity (Wildman–Crippen MR) is 105 cm³/mol. The summed E-state index contributed by atoms with van der Waals surface area (Å²) < 4.78 is 19.7. The molecule has 1 aliphatic heterocycles. The molecule has 0 spiro atoms. The number of pyridine rings is 1. The van der Waals surface area contributed by atoms with E-state index in [1.165, 1.54) is 10.6 Å². The van der Waals surface area contributed by atoms with E-state index in [0.717, 1.165) is 0 Å². The summed E-state index contributed by atoms with van der Waals surface area (Å²) in [6.07, 6.45) is 1.20. The average Bonchev–Trinajstić information content (AvgIpc) is 2.69. The van der Waals surface area contributed by atoms with Crippen molar-refractivity contribution < 1.29 is 17.4 Å². The van der Waals surface area contributed by atoms with E-state index >= 15 is 0 Å². The Hall–Kier alpha value is -2.14. The molecule has 1 N–H and O–H groups in total. The van der Waals surface area contributed by atoms with Gasteiger partial charge in [-0.1, -0.05) is 18.2 Å². The zero-order valence-electron chi connectivity index (χ0n) is 14.5. The van der Waals surface area contributed by atoms with Gasteiger partial charge in [0.1, 0.15) is 5.82 Å².